The number of fused-ring (bicyclic) bond motifs is 1. The number of aryl methyl sites for hydroxylation is 1. The first kappa shape index (κ1) is 11.7. The molecule has 1 aromatic carbocycles. The van der Waals surface area contributed by atoms with E-state index in [0.717, 1.165) is 12.0 Å². The number of hydrogen-bond donors (Lipinski definition) is 1. The summed E-state index contributed by atoms with van der Waals surface area (Å²) in [5, 5.41) is 8.73. The van der Waals surface area contributed by atoms with Crippen molar-refractivity contribution in [3.63, 3.8) is 0 Å². The quantitative estimate of drug-likeness (QED) is 0.778. The van der Waals surface area contributed by atoms with Gasteiger partial charge in [-0.3, -0.25) is 0 Å². The zero-order chi connectivity index (χ0) is 9.26. The molecular formula is C10H9O3Y+2. The van der Waals surface area contributed by atoms with Gasteiger partial charge in [-0.25, -0.2) is 4.79 Å². The molecule has 0 aromatic heterocycles. The van der Waals surface area contributed by atoms with Crippen molar-refractivity contribution in [2.24, 2.45) is 0 Å². The van der Waals surface area contributed by atoms with Gasteiger partial charge < -0.3 is 9.84 Å². The molecular weight excluding hydrogens is 257 g/mol. The molecule has 2 rings (SSSR count). The van der Waals surface area contributed by atoms with Crippen LogP contribution in [0.2, 0.25) is 0 Å². The molecule has 3 nitrogen and oxygen atoms in total. The molecule has 0 amide bonds. The average Bonchev–Trinajstić information content (AvgIpc) is 2.17. The second-order valence-electron chi connectivity index (χ2n) is 3.02. The van der Waals surface area contributed by atoms with Gasteiger partial charge in [0.2, 0.25) is 0 Å². The van der Waals surface area contributed by atoms with Gasteiger partial charge in [-0.1, -0.05) is 6.42 Å². The Bertz CT molecular complexity index is 338. The molecule has 1 unspecified atom stereocenters. The third kappa shape index (κ3) is 2.34. The van der Waals surface area contributed by atoms with E-state index < -0.39 is 12.1 Å². The monoisotopic (exact) mass is 266 g/mol. The minimum atomic E-state index is -0.890. The van der Waals surface area contributed by atoms with E-state index in [9.17, 15) is 4.79 Å². The van der Waals surface area contributed by atoms with Gasteiger partial charge in [0, 0.05) is 5.75 Å². The van der Waals surface area contributed by atoms with Crippen molar-refractivity contribution in [3.8, 4) is 5.75 Å². The Morgan fingerprint density at radius 2 is 2.43 bits per heavy atom. The second-order valence-corrected chi connectivity index (χ2v) is 3.02. The molecule has 0 fully saturated rings. The zero-order valence-corrected chi connectivity index (χ0v) is 10.4. The molecule has 0 radical (unpaired) electrons. The van der Waals surface area contributed by atoms with Gasteiger partial charge in [-0.2, -0.15) is 18.2 Å². The van der Waals surface area contributed by atoms with Crippen molar-refractivity contribution in [2.45, 2.75) is 18.9 Å². The van der Waals surface area contributed by atoms with Crippen LogP contribution in [0, 0.1) is 6.07 Å². The van der Waals surface area contributed by atoms with Gasteiger partial charge in [-0.15, -0.1) is 11.6 Å². The van der Waals surface area contributed by atoms with Gasteiger partial charge in [0.05, 0.1) is 0 Å². The largest absolute Gasteiger partial charge is 3.00 e. The molecule has 1 N–H and O–H groups in total. The fourth-order valence-corrected chi connectivity index (χ4v) is 1.43. The number of hydrogen-bond acceptors (Lipinski definition) is 2. The predicted molar refractivity (Wildman–Crippen MR) is 45.7 cm³/mol. The van der Waals surface area contributed by atoms with Crippen LogP contribution < -0.4 is 4.74 Å². The van der Waals surface area contributed by atoms with E-state index in [1.165, 1.54) is 0 Å². The Hall–Kier alpha value is -0.406. The molecule has 4 heteroatoms. The van der Waals surface area contributed by atoms with Crippen LogP contribution >= 0.6 is 0 Å². The van der Waals surface area contributed by atoms with Gasteiger partial charge in [0.25, 0.3) is 0 Å². The SMILES string of the molecule is O=C(O)C1CCc2c[c-]ccc2O1.[Y+3]. The van der Waals surface area contributed by atoms with Crippen molar-refractivity contribution in [3.05, 3.63) is 29.8 Å². The van der Waals surface area contributed by atoms with Crippen LogP contribution in [0.3, 0.4) is 0 Å². The molecule has 0 saturated carbocycles. The van der Waals surface area contributed by atoms with Crippen molar-refractivity contribution in [2.75, 3.05) is 0 Å². The third-order valence-corrected chi connectivity index (χ3v) is 2.13. The minimum absolute atomic E-state index is 0. The van der Waals surface area contributed by atoms with Crippen molar-refractivity contribution >= 4 is 5.97 Å². The van der Waals surface area contributed by atoms with Crippen LogP contribution in [0.25, 0.3) is 0 Å². The second kappa shape index (κ2) is 4.90. The molecule has 1 aliphatic heterocycles. The fourth-order valence-electron chi connectivity index (χ4n) is 1.43. The van der Waals surface area contributed by atoms with Crippen LogP contribution in [0.15, 0.2) is 18.2 Å². The number of carboxylic acid groups (broad SMARTS) is 1. The Morgan fingerprint density at radius 3 is 3.14 bits per heavy atom. The summed E-state index contributed by atoms with van der Waals surface area (Å²) in [5.74, 6) is -0.212. The molecule has 0 aliphatic carbocycles. The van der Waals surface area contributed by atoms with E-state index in [2.05, 4.69) is 6.07 Å². The Labute approximate surface area is 107 Å². The summed E-state index contributed by atoms with van der Waals surface area (Å²) < 4.78 is 5.27. The van der Waals surface area contributed by atoms with Gasteiger partial charge >= 0.3 is 38.7 Å². The topological polar surface area (TPSA) is 46.5 Å². The number of carbonyl (C=O) groups is 1. The summed E-state index contributed by atoms with van der Waals surface area (Å²) in [6, 6.07) is 8.26. The van der Waals surface area contributed by atoms with Crippen molar-refractivity contribution in [1.82, 2.24) is 0 Å². The summed E-state index contributed by atoms with van der Waals surface area (Å²) in [6.45, 7) is 0. The van der Waals surface area contributed by atoms with Crippen LogP contribution in [0.5, 0.6) is 5.75 Å². The smallest absolute Gasteiger partial charge is 0.504 e. The Kier molecular flexibility index (Phi) is 4.08. The molecule has 1 atom stereocenters. The number of benzene rings is 1. The molecule has 0 bridgehead atoms. The molecule has 1 heterocycles. The third-order valence-electron chi connectivity index (χ3n) is 2.13. The molecule has 1 aliphatic rings. The van der Waals surface area contributed by atoms with Crippen LogP contribution in [-0.2, 0) is 43.9 Å². The van der Waals surface area contributed by atoms with Crippen LogP contribution in [0.4, 0.5) is 0 Å². The molecule has 1 aromatic rings. The number of ether oxygens (including phenoxy) is 1. The summed E-state index contributed by atoms with van der Waals surface area (Å²) >= 11 is 0. The van der Waals surface area contributed by atoms with Gasteiger partial charge in [0.1, 0.15) is 0 Å². The van der Waals surface area contributed by atoms with Gasteiger partial charge in [0.15, 0.2) is 6.10 Å². The van der Waals surface area contributed by atoms with E-state index in [4.69, 9.17) is 9.84 Å². The van der Waals surface area contributed by atoms with Crippen LogP contribution in [-0.4, -0.2) is 17.2 Å². The maximum absolute atomic E-state index is 10.6. The zero-order valence-electron chi connectivity index (χ0n) is 7.56. The van der Waals surface area contributed by atoms with Gasteiger partial charge in [-0.05, 0) is 6.42 Å². The van der Waals surface area contributed by atoms with E-state index in [0.29, 0.717) is 12.2 Å². The molecule has 14 heavy (non-hydrogen) atoms. The Balaban J connectivity index is 0.000000980. The summed E-state index contributed by atoms with van der Waals surface area (Å²) in [4.78, 5) is 10.6. The molecule has 0 spiro atoms. The maximum atomic E-state index is 10.6. The normalized spacial score (nSPS) is 18.7. The minimum Gasteiger partial charge on any atom is -0.504 e. The maximum Gasteiger partial charge on any atom is 3.00 e. The summed E-state index contributed by atoms with van der Waals surface area (Å²) in [5.41, 5.74) is 1.04. The summed E-state index contributed by atoms with van der Waals surface area (Å²) in [6.07, 6.45) is 0.610. The average molecular weight is 266 g/mol. The standard InChI is InChI=1S/C10H9O3.Y/c11-10(12)9-6-5-7-3-1-2-4-8(7)13-9;/h2-4,9H,5-6H2,(H,11,12);/q-1;+3. The molecule has 0 saturated heterocycles. The fraction of sp³-hybridized carbons (Fsp3) is 0.300. The van der Waals surface area contributed by atoms with Crippen LogP contribution in [0.1, 0.15) is 12.0 Å². The number of rotatable bonds is 1. The number of aliphatic carboxylic acids is 1. The number of carboxylic acids is 1. The first-order chi connectivity index (χ1) is 6.27. The summed E-state index contributed by atoms with van der Waals surface area (Å²) in [7, 11) is 0. The van der Waals surface area contributed by atoms with E-state index in [1.807, 2.05) is 6.07 Å². The van der Waals surface area contributed by atoms with Crippen molar-refractivity contribution < 1.29 is 47.3 Å². The first-order valence-electron chi connectivity index (χ1n) is 4.16. The molecule has 68 valence electrons. The predicted octanol–water partition coefficient (Wildman–Crippen LogP) is 1.26. The van der Waals surface area contributed by atoms with E-state index in [-0.39, 0.29) is 32.7 Å². The van der Waals surface area contributed by atoms with E-state index in [1.54, 1.807) is 12.1 Å². The van der Waals surface area contributed by atoms with Crippen molar-refractivity contribution in [1.29, 1.82) is 0 Å². The Morgan fingerprint density at radius 1 is 1.64 bits per heavy atom. The van der Waals surface area contributed by atoms with E-state index >= 15 is 0 Å². The first-order valence-corrected chi connectivity index (χ1v) is 4.16.